The van der Waals surface area contributed by atoms with E-state index in [4.69, 9.17) is 4.52 Å². The average Bonchev–Trinajstić information content (AvgIpc) is 2.98. The normalized spacial score (nSPS) is 16.9. The molecule has 1 aliphatic rings. The van der Waals surface area contributed by atoms with Gasteiger partial charge in [0.1, 0.15) is 5.76 Å². The Morgan fingerprint density at radius 1 is 1.37 bits per heavy atom. The number of nitrogens with zero attached hydrogens (tertiary/aromatic N) is 2. The molecule has 1 atom stereocenters. The summed E-state index contributed by atoms with van der Waals surface area (Å²) < 4.78 is 5.25. The second kappa shape index (κ2) is 10.2. The maximum Gasteiger partial charge on any atom is 0.254 e. The molecule has 1 amide bonds. The van der Waals surface area contributed by atoms with Crippen LogP contribution in [-0.2, 0) is 5.75 Å². The van der Waals surface area contributed by atoms with Crippen molar-refractivity contribution in [1.82, 2.24) is 15.4 Å². The number of aromatic nitrogens is 1. The number of thioether (sulfide) groups is 1. The Morgan fingerprint density at radius 2 is 2.15 bits per heavy atom. The van der Waals surface area contributed by atoms with Gasteiger partial charge in [-0.1, -0.05) is 17.3 Å². The Balaban J connectivity index is 0.00000261. The summed E-state index contributed by atoms with van der Waals surface area (Å²) in [5.41, 5.74) is 2.84. The number of rotatable bonds is 6. The van der Waals surface area contributed by atoms with Crippen LogP contribution in [0.5, 0.6) is 0 Å². The molecule has 2 aromatic rings. The van der Waals surface area contributed by atoms with E-state index in [1.54, 1.807) is 11.8 Å². The van der Waals surface area contributed by atoms with Crippen molar-refractivity contribution in [2.75, 3.05) is 26.7 Å². The number of piperidine rings is 1. The van der Waals surface area contributed by atoms with Gasteiger partial charge in [-0.3, -0.25) is 4.79 Å². The quantitative estimate of drug-likeness (QED) is 0.728. The Bertz CT molecular complexity index is 744. The Hall–Kier alpha value is -1.50. The molecule has 1 aliphatic heterocycles. The number of aryl methyl sites for hydroxylation is 2. The first-order chi connectivity index (χ1) is 12.6. The first kappa shape index (κ1) is 21.8. The number of hydrogen-bond donors (Lipinski definition) is 1. The van der Waals surface area contributed by atoms with E-state index >= 15 is 0 Å². The predicted molar refractivity (Wildman–Crippen MR) is 112 cm³/mol. The molecule has 2 heterocycles. The Morgan fingerprint density at radius 3 is 2.85 bits per heavy atom. The van der Waals surface area contributed by atoms with Crippen molar-refractivity contribution in [2.24, 2.45) is 5.92 Å². The molecule has 0 aliphatic carbocycles. The molecular weight excluding hydrogens is 382 g/mol. The third-order valence-electron chi connectivity index (χ3n) is 4.97. The molecule has 1 N–H and O–H groups in total. The highest BCUT2D eigenvalue weighted by Gasteiger charge is 2.25. The van der Waals surface area contributed by atoms with Crippen LogP contribution in [0.15, 0.2) is 33.7 Å². The van der Waals surface area contributed by atoms with Gasteiger partial charge in [0, 0.05) is 29.3 Å². The Kier molecular flexibility index (Phi) is 8.20. The van der Waals surface area contributed by atoms with Crippen LogP contribution in [0.1, 0.15) is 40.2 Å². The van der Waals surface area contributed by atoms with Crippen LogP contribution in [0, 0.1) is 19.8 Å². The van der Waals surface area contributed by atoms with E-state index in [1.165, 1.54) is 6.42 Å². The van der Waals surface area contributed by atoms with Crippen LogP contribution in [0.3, 0.4) is 0 Å². The lowest BCUT2D eigenvalue weighted by Crippen LogP contribution is -2.42. The molecule has 0 bridgehead atoms. The first-order valence-electron chi connectivity index (χ1n) is 9.17. The number of amides is 1. The monoisotopic (exact) mass is 409 g/mol. The topological polar surface area (TPSA) is 58.4 Å². The van der Waals surface area contributed by atoms with Gasteiger partial charge in [0.15, 0.2) is 0 Å². The van der Waals surface area contributed by atoms with Gasteiger partial charge < -0.3 is 14.7 Å². The van der Waals surface area contributed by atoms with E-state index in [0.29, 0.717) is 5.92 Å². The number of halogens is 1. The summed E-state index contributed by atoms with van der Waals surface area (Å²) in [6.07, 6.45) is 2.26. The predicted octanol–water partition coefficient (Wildman–Crippen LogP) is 4.08. The summed E-state index contributed by atoms with van der Waals surface area (Å²) >= 11 is 1.68. The molecule has 0 radical (unpaired) electrons. The minimum atomic E-state index is 0. The number of carbonyl (C=O) groups excluding carboxylic acids is 1. The molecule has 3 rings (SSSR count). The number of likely N-dealkylation sites (tertiary alicyclic amines) is 1. The van der Waals surface area contributed by atoms with E-state index < -0.39 is 0 Å². The van der Waals surface area contributed by atoms with Crippen LogP contribution >= 0.6 is 24.2 Å². The molecule has 27 heavy (non-hydrogen) atoms. The van der Waals surface area contributed by atoms with E-state index in [9.17, 15) is 4.79 Å². The van der Waals surface area contributed by atoms with Gasteiger partial charge in [-0.15, -0.1) is 24.2 Å². The lowest BCUT2D eigenvalue weighted by Gasteiger charge is -2.33. The molecule has 1 aromatic carbocycles. The largest absolute Gasteiger partial charge is 0.361 e. The van der Waals surface area contributed by atoms with Gasteiger partial charge in [-0.2, -0.15) is 0 Å². The van der Waals surface area contributed by atoms with Gasteiger partial charge in [0.2, 0.25) is 0 Å². The maximum absolute atomic E-state index is 13.1. The van der Waals surface area contributed by atoms with Gasteiger partial charge in [-0.05, 0) is 58.3 Å². The first-order valence-corrected chi connectivity index (χ1v) is 10.2. The lowest BCUT2D eigenvalue weighted by molar-refractivity contribution is 0.0670. The fourth-order valence-electron chi connectivity index (χ4n) is 3.50. The van der Waals surface area contributed by atoms with Gasteiger partial charge in [0.05, 0.1) is 11.3 Å². The molecule has 0 saturated carbocycles. The van der Waals surface area contributed by atoms with Crippen LogP contribution in [0.2, 0.25) is 0 Å². The minimum absolute atomic E-state index is 0. The van der Waals surface area contributed by atoms with E-state index in [0.717, 1.165) is 59.3 Å². The zero-order valence-electron chi connectivity index (χ0n) is 16.2. The summed E-state index contributed by atoms with van der Waals surface area (Å²) in [6, 6.07) is 7.92. The second-order valence-corrected chi connectivity index (χ2v) is 7.92. The van der Waals surface area contributed by atoms with Crippen molar-refractivity contribution in [2.45, 2.75) is 37.3 Å². The SMILES string of the molecule is CNCC1CCCN(C(=O)c2ccccc2SCc2c(C)noc2C)C1.Cl. The molecule has 1 aromatic heterocycles. The number of benzene rings is 1. The summed E-state index contributed by atoms with van der Waals surface area (Å²) in [6.45, 7) is 6.54. The van der Waals surface area contributed by atoms with Crippen molar-refractivity contribution in [3.05, 3.63) is 46.8 Å². The highest BCUT2D eigenvalue weighted by atomic mass is 35.5. The molecule has 0 spiro atoms. The van der Waals surface area contributed by atoms with Crippen LogP contribution in [0.25, 0.3) is 0 Å². The molecular formula is C20H28ClN3O2S. The van der Waals surface area contributed by atoms with E-state index in [-0.39, 0.29) is 18.3 Å². The summed E-state index contributed by atoms with van der Waals surface area (Å²) in [5.74, 6) is 2.30. The van der Waals surface area contributed by atoms with Crippen molar-refractivity contribution in [3.63, 3.8) is 0 Å². The zero-order valence-corrected chi connectivity index (χ0v) is 17.8. The summed E-state index contributed by atoms with van der Waals surface area (Å²) in [4.78, 5) is 16.2. The van der Waals surface area contributed by atoms with E-state index in [1.807, 2.05) is 50.1 Å². The van der Waals surface area contributed by atoms with Gasteiger partial charge >= 0.3 is 0 Å². The molecule has 1 unspecified atom stereocenters. The van der Waals surface area contributed by atoms with Crippen molar-refractivity contribution in [1.29, 1.82) is 0 Å². The maximum atomic E-state index is 13.1. The molecule has 7 heteroatoms. The molecule has 1 fully saturated rings. The highest BCUT2D eigenvalue weighted by molar-refractivity contribution is 7.98. The van der Waals surface area contributed by atoms with Crippen molar-refractivity contribution in [3.8, 4) is 0 Å². The molecule has 5 nitrogen and oxygen atoms in total. The van der Waals surface area contributed by atoms with E-state index in [2.05, 4.69) is 10.5 Å². The Labute approximate surface area is 171 Å². The van der Waals surface area contributed by atoms with Crippen molar-refractivity contribution >= 4 is 30.1 Å². The number of nitrogens with one attached hydrogen (secondary N) is 1. The minimum Gasteiger partial charge on any atom is -0.361 e. The van der Waals surface area contributed by atoms with Gasteiger partial charge in [-0.25, -0.2) is 0 Å². The second-order valence-electron chi connectivity index (χ2n) is 6.90. The third kappa shape index (κ3) is 5.27. The third-order valence-corrected chi connectivity index (χ3v) is 6.07. The fraction of sp³-hybridized carbons (Fsp3) is 0.500. The standard InChI is InChI=1S/C20H27N3O2S.ClH/c1-14-18(15(2)25-22-14)13-26-19-9-5-4-8-17(19)20(24)23-10-6-7-16(12-23)11-21-3;/h4-5,8-9,16,21H,6-7,10-13H2,1-3H3;1H. The van der Waals surface area contributed by atoms with Crippen molar-refractivity contribution < 1.29 is 9.32 Å². The lowest BCUT2D eigenvalue weighted by atomic mass is 9.97. The fourth-order valence-corrected chi connectivity index (χ4v) is 4.70. The molecule has 148 valence electrons. The summed E-state index contributed by atoms with van der Waals surface area (Å²) in [5, 5.41) is 7.25. The zero-order chi connectivity index (χ0) is 18.5. The number of hydrogen-bond acceptors (Lipinski definition) is 5. The molecule has 1 saturated heterocycles. The van der Waals surface area contributed by atoms with Crippen LogP contribution in [0.4, 0.5) is 0 Å². The highest BCUT2D eigenvalue weighted by Crippen LogP contribution is 2.30. The van der Waals surface area contributed by atoms with Crippen LogP contribution < -0.4 is 5.32 Å². The van der Waals surface area contributed by atoms with Gasteiger partial charge in [0.25, 0.3) is 5.91 Å². The smallest absolute Gasteiger partial charge is 0.254 e. The van der Waals surface area contributed by atoms with Crippen LogP contribution in [-0.4, -0.2) is 42.6 Å². The average molecular weight is 410 g/mol. The summed E-state index contributed by atoms with van der Waals surface area (Å²) in [7, 11) is 1.97. The number of carbonyl (C=O) groups is 1.